The highest BCUT2D eigenvalue weighted by atomic mass is 32.2. The highest BCUT2D eigenvalue weighted by Gasteiger charge is 2.29. The van der Waals surface area contributed by atoms with Crippen molar-refractivity contribution in [2.75, 3.05) is 24.6 Å². The molecule has 33 heavy (non-hydrogen) atoms. The fraction of sp³-hybridized carbons (Fsp3) is 0.348. The van der Waals surface area contributed by atoms with Gasteiger partial charge in [-0.25, -0.2) is 13.2 Å². The zero-order valence-electron chi connectivity index (χ0n) is 18.1. The zero-order chi connectivity index (χ0) is 23.6. The lowest BCUT2D eigenvalue weighted by atomic mass is 10.0. The Balaban J connectivity index is 1.44. The van der Waals surface area contributed by atoms with Gasteiger partial charge in [0.2, 0.25) is 5.91 Å². The molecule has 1 fully saturated rings. The number of aromatic nitrogens is 1. The maximum absolute atomic E-state index is 12.6. The molecule has 2 aromatic carbocycles. The van der Waals surface area contributed by atoms with Crippen molar-refractivity contribution in [3.8, 4) is 17.2 Å². The number of amides is 1. The van der Waals surface area contributed by atoms with Gasteiger partial charge in [0.25, 0.3) is 0 Å². The van der Waals surface area contributed by atoms with E-state index in [1.54, 1.807) is 13.1 Å². The number of fused-ring (bicyclic) bond motifs is 1. The normalized spacial score (nSPS) is 18.8. The summed E-state index contributed by atoms with van der Waals surface area (Å²) in [5, 5.41) is 15.2. The van der Waals surface area contributed by atoms with Crippen LogP contribution in [0, 0.1) is 17.2 Å². The Hall–Kier alpha value is -3.42. The summed E-state index contributed by atoms with van der Waals surface area (Å²) < 4.78 is 30.5. The van der Waals surface area contributed by atoms with Crippen LogP contribution in [0.25, 0.3) is 22.2 Å². The number of aryl methyl sites for hydroxylation is 1. The van der Waals surface area contributed by atoms with Crippen LogP contribution in [0.4, 0.5) is 0 Å². The molecule has 1 aliphatic heterocycles. The van der Waals surface area contributed by atoms with E-state index in [0.29, 0.717) is 24.1 Å². The minimum Gasteiger partial charge on any atom is -0.408 e. The van der Waals surface area contributed by atoms with E-state index in [1.807, 2.05) is 36.4 Å². The lowest BCUT2D eigenvalue weighted by molar-refractivity contribution is -0.124. The van der Waals surface area contributed by atoms with Gasteiger partial charge >= 0.3 is 5.76 Å². The van der Waals surface area contributed by atoms with E-state index in [0.717, 1.165) is 16.7 Å². The van der Waals surface area contributed by atoms with E-state index < -0.39 is 33.5 Å². The molecule has 0 saturated carbocycles. The number of carbonyl (C=O) groups excluding carboxylic acids is 1. The second kappa shape index (κ2) is 9.21. The van der Waals surface area contributed by atoms with Gasteiger partial charge < -0.3 is 15.1 Å². The first-order chi connectivity index (χ1) is 15.8. The van der Waals surface area contributed by atoms with Gasteiger partial charge in [-0.05, 0) is 28.8 Å². The van der Waals surface area contributed by atoms with Gasteiger partial charge in [0.05, 0.1) is 29.0 Å². The molecule has 2 unspecified atom stereocenters. The summed E-state index contributed by atoms with van der Waals surface area (Å²) in [6.45, 7) is 0.592. The first-order valence-electron chi connectivity index (χ1n) is 10.6. The van der Waals surface area contributed by atoms with Crippen molar-refractivity contribution in [3.05, 3.63) is 58.6 Å². The molecule has 4 rings (SSSR count). The van der Waals surface area contributed by atoms with Gasteiger partial charge in [-0.1, -0.05) is 30.3 Å². The minimum atomic E-state index is -3.29. The maximum atomic E-state index is 12.6. The summed E-state index contributed by atoms with van der Waals surface area (Å²) in [6, 6.07) is 14.4. The number of rotatable bonds is 5. The van der Waals surface area contributed by atoms with E-state index >= 15 is 0 Å². The van der Waals surface area contributed by atoms with Gasteiger partial charge in [-0.2, -0.15) is 5.26 Å². The molecule has 1 amide bonds. The molecule has 2 heterocycles. The third-order valence-corrected chi connectivity index (χ3v) is 7.53. The Labute approximate surface area is 190 Å². The van der Waals surface area contributed by atoms with Crippen molar-refractivity contribution in [2.45, 2.75) is 12.5 Å². The van der Waals surface area contributed by atoms with Crippen LogP contribution in [0.1, 0.15) is 5.56 Å². The molecule has 9 nitrogen and oxygen atoms in total. The third-order valence-electron chi connectivity index (χ3n) is 5.80. The van der Waals surface area contributed by atoms with Gasteiger partial charge in [-0.15, -0.1) is 0 Å². The van der Waals surface area contributed by atoms with E-state index in [2.05, 4.69) is 16.7 Å². The molecular weight excluding hydrogens is 444 g/mol. The predicted octanol–water partition coefficient (Wildman–Crippen LogP) is 0.984. The van der Waals surface area contributed by atoms with Crippen LogP contribution in [-0.2, 0) is 28.1 Å². The summed E-state index contributed by atoms with van der Waals surface area (Å²) in [6.07, 6.45) is 0.296. The summed E-state index contributed by atoms with van der Waals surface area (Å²) in [4.78, 5) is 24.3. The Morgan fingerprint density at radius 2 is 2.00 bits per heavy atom. The fourth-order valence-corrected chi connectivity index (χ4v) is 5.42. The van der Waals surface area contributed by atoms with Crippen molar-refractivity contribution >= 4 is 26.8 Å². The fourth-order valence-electron chi connectivity index (χ4n) is 3.91. The Morgan fingerprint density at radius 1 is 1.27 bits per heavy atom. The third kappa shape index (κ3) is 5.16. The minimum absolute atomic E-state index is 0.00858. The highest BCUT2D eigenvalue weighted by molar-refractivity contribution is 7.91. The highest BCUT2D eigenvalue weighted by Crippen LogP contribution is 2.24. The number of sulfone groups is 1. The SMILES string of the molecule is Cn1c(=O)oc2ccc(-c3ccc(CC(C#N)NC(=O)C4CNCCS(=O)(=O)C4)cc3)cc21. The molecule has 1 saturated heterocycles. The first kappa shape index (κ1) is 22.8. The van der Waals surface area contributed by atoms with Crippen LogP contribution >= 0.6 is 0 Å². The Morgan fingerprint density at radius 3 is 2.73 bits per heavy atom. The summed E-state index contributed by atoms with van der Waals surface area (Å²) in [7, 11) is -1.64. The number of benzene rings is 2. The standard InChI is InChI=1S/C23H24N4O5S/c1-27-20-11-17(6-7-21(20)32-23(27)29)16-4-2-15(3-5-16)10-19(12-24)26-22(28)18-13-25-8-9-33(30,31)14-18/h2-7,11,18-19,25H,8-10,13-14H2,1H3,(H,26,28). The molecule has 0 aliphatic carbocycles. The molecule has 3 aromatic rings. The van der Waals surface area contributed by atoms with Crippen molar-refractivity contribution < 1.29 is 17.6 Å². The number of hydrogen-bond acceptors (Lipinski definition) is 7. The molecule has 1 aromatic heterocycles. The van der Waals surface area contributed by atoms with Gasteiger partial charge in [0.15, 0.2) is 15.4 Å². The van der Waals surface area contributed by atoms with Crippen LogP contribution in [-0.4, -0.2) is 49.5 Å². The summed E-state index contributed by atoms with van der Waals surface area (Å²) in [5.74, 6) is -1.78. The van der Waals surface area contributed by atoms with E-state index in [-0.39, 0.29) is 18.1 Å². The Kier molecular flexibility index (Phi) is 6.35. The van der Waals surface area contributed by atoms with Crippen LogP contribution in [0.3, 0.4) is 0 Å². The van der Waals surface area contributed by atoms with Crippen LogP contribution < -0.4 is 16.4 Å². The molecule has 172 valence electrons. The second-order valence-corrected chi connectivity index (χ2v) is 10.4. The number of carbonyl (C=O) groups is 1. The molecule has 1 aliphatic rings. The topological polar surface area (TPSA) is 134 Å². The maximum Gasteiger partial charge on any atom is 0.419 e. The number of nitrogens with one attached hydrogen (secondary N) is 2. The van der Waals surface area contributed by atoms with Crippen molar-refractivity contribution in [3.63, 3.8) is 0 Å². The predicted molar refractivity (Wildman–Crippen MR) is 123 cm³/mol. The van der Waals surface area contributed by atoms with Gasteiger partial charge in [0, 0.05) is 26.6 Å². The van der Waals surface area contributed by atoms with Crippen molar-refractivity contribution in [2.24, 2.45) is 13.0 Å². The molecule has 2 N–H and O–H groups in total. The molecule has 0 bridgehead atoms. The number of hydrogen-bond donors (Lipinski definition) is 2. The second-order valence-electron chi connectivity index (χ2n) is 8.22. The zero-order valence-corrected chi connectivity index (χ0v) is 18.9. The van der Waals surface area contributed by atoms with Crippen molar-refractivity contribution in [1.82, 2.24) is 15.2 Å². The van der Waals surface area contributed by atoms with E-state index in [9.17, 15) is 23.3 Å². The van der Waals surface area contributed by atoms with Crippen LogP contribution in [0.5, 0.6) is 0 Å². The van der Waals surface area contributed by atoms with Gasteiger partial charge in [-0.3, -0.25) is 9.36 Å². The largest absolute Gasteiger partial charge is 0.419 e. The van der Waals surface area contributed by atoms with Crippen LogP contribution in [0.15, 0.2) is 51.7 Å². The van der Waals surface area contributed by atoms with Gasteiger partial charge in [0.1, 0.15) is 6.04 Å². The lowest BCUT2D eigenvalue weighted by Crippen LogP contribution is -2.43. The average Bonchev–Trinajstić information content (AvgIpc) is 2.95. The van der Waals surface area contributed by atoms with E-state index in [1.165, 1.54) is 4.57 Å². The van der Waals surface area contributed by atoms with E-state index in [4.69, 9.17) is 4.42 Å². The lowest BCUT2D eigenvalue weighted by Gasteiger charge is -2.17. The molecule has 0 radical (unpaired) electrons. The molecule has 10 heteroatoms. The number of oxazole rings is 1. The molecule has 0 spiro atoms. The molecule has 2 atom stereocenters. The molecular formula is C23H24N4O5S. The smallest absolute Gasteiger partial charge is 0.408 e. The number of nitriles is 1. The van der Waals surface area contributed by atoms with Crippen molar-refractivity contribution in [1.29, 1.82) is 5.26 Å². The summed E-state index contributed by atoms with van der Waals surface area (Å²) >= 11 is 0. The monoisotopic (exact) mass is 468 g/mol. The number of nitrogens with zero attached hydrogens (tertiary/aromatic N) is 2. The van der Waals surface area contributed by atoms with Crippen LogP contribution in [0.2, 0.25) is 0 Å². The Bertz CT molecular complexity index is 1380. The quantitative estimate of drug-likeness (QED) is 0.570. The average molecular weight is 469 g/mol. The summed E-state index contributed by atoms with van der Waals surface area (Å²) in [5.41, 5.74) is 3.92. The first-order valence-corrected chi connectivity index (χ1v) is 12.4.